The Labute approximate surface area is 119 Å². The summed E-state index contributed by atoms with van der Waals surface area (Å²) in [5.74, 6) is 0. The molecular weight excluding hydrogens is 292 g/mol. The molecule has 0 aliphatic carbocycles. The van der Waals surface area contributed by atoms with E-state index in [1.807, 2.05) is 0 Å². The van der Waals surface area contributed by atoms with Gasteiger partial charge in [0.15, 0.2) is 12.6 Å². The smallest absolute Gasteiger partial charge is 0.187 e. The lowest BCUT2D eigenvalue weighted by atomic mass is 9.99. The average Bonchev–Trinajstić information content (AvgIpc) is 2.48. The van der Waals surface area contributed by atoms with E-state index < -0.39 is 61.9 Å². The van der Waals surface area contributed by atoms with Gasteiger partial charge in [-0.15, -0.1) is 0 Å². The van der Waals surface area contributed by atoms with Gasteiger partial charge in [-0.1, -0.05) is 0 Å². The van der Waals surface area contributed by atoms with Crippen molar-refractivity contribution >= 4 is 0 Å². The summed E-state index contributed by atoms with van der Waals surface area (Å²) in [6.45, 7) is -0.899. The molecule has 0 amide bonds. The molecule has 0 spiro atoms. The fraction of sp³-hybridized carbons (Fsp3) is 1.00. The van der Waals surface area contributed by atoms with Crippen molar-refractivity contribution in [2.24, 2.45) is 0 Å². The highest BCUT2D eigenvalue weighted by atomic mass is 16.7. The van der Waals surface area contributed by atoms with Gasteiger partial charge >= 0.3 is 0 Å². The van der Waals surface area contributed by atoms with Crippen molar-refractivity contribution in [3.63, 3.8) is 0 Å². The van der Waals surface area contributed by atoms with E-state index in [1.165, 1.54) is 0 Å². The Kier molecular flexibility index (Phi) is 5.48. The van der Waals surface area contributed by atoms with Crippen molar-refractivity contribution in [1.82, 2.24) is 0 Å². The Hall–Kier alpha value is -0.400. The van der Waals surface area contributed by atoms with Crippen LogP contribution in [0, 0.1) is 0 Å². The van der Waals surface area contributed by atoms with Crippen molar-refractivity contribution in [3.8, 4) is 0 Å². The molecule has 1 unspecified atom stereocenters. The molecule has 2 saturated heterocycles. The van der Waals surface area contributed by atoms with Crippen LogP contribution in [0.25, 0.3) is 0 Å². The first kappa shape index (κ1) is 17.0. The first-order chi connectivity index (χ1) is 9.86. The number of aliphatic hydroxyl groups excluding tert-OH is 7. The van der Waals surface area contributed by atoms with Gasteiger partial charge < -0.3 is 50.0 Å². The Balaban J connectivity index is 2.01. The van der Waals surface area contributed by atoms with Crippen molar-refractivity contribution in [1.29, 1.82) is 0 Å². The molecule has 2 aliphatic heterocycles. The van der Waals surface area contributed by atoms with Crippen LogP contribution >= 0.6 is 0 Å². The zero-order chi connectivity index (χ0) is 15.7. The van der Waals surface area contributed by atoms with E-state index in [0.29, 0.717) is 0 Å². The van der Waals surface area contributed by atoms with Gasteiger partial charge in [0, 0.05) is 0 Å². The second-order valence-electron chi connectivity index (χ2n) is 5.08. The quantitative estimate of drug-likeness (QED) is 0.268. The molecule has 0 aromatic heterocycles. The minimum absolute atomic E-state index is 0.283. The first-order valence-electron chi connectivity index (χ1n) is 6.48. The maximum absolute atomic E-state index is 9.78. The predicted octanol–water partition coefficient (Wildman–Crippen LogP) is -4.76. The summed E-state index contributed by atoms with van der Waals surface area (Å²) in [5, 5.41) is 66.5. The van der Waals surface area contributed by atoms with Crippen molar-refractivity contribution < 1.29 is 50.0 Å². The molecule has 0 radical (unpaired) electrons. The molecule has 2 fully saturated rings. The summed E-state index contributed by atoms with van der Waals surface area (Å²) in [7, 11) is 0. The predicted molar refractivity (Wildman–Crippen MR) is 62.6 cm³/mol. The van der Waals surface area contributed by atoms with Gasteiger partial charge in [0.05, 0.1) is 13.2 Å². The molecule has 21 heavy (non-hydrogen) atoms. The summed E-state index contributed by atoms with van der Waals surface area (Å²) < 4.78 is 15.1. The highest BCUT2D eigenvalue weighted by molar-refractivity contribution is 4.91. The van der Waals surface area contributed by atoms with Gasteiger partial charge in [-0.05, 0) is 0 Å². The third-order valence-electron chi connectivity index (χ3n) is 3.61. The van der Waals surface area contributed by atoms with E-state index in [4.69, 9.17) is 19.3 Å². The van der Waals surface area contributed by atoms with Gasteiger partial charge in [0.1, 0.15) is 42.7 Å². The number of hydrogen-bond donors (Lipinski definition) is 7. The highest BCUT2D eigenvalue weighted by Crippen LogP contribution is 2.25. The van der Waals surface area contributed by atoms with E-state index in [9.17, 15) is 30.6 Å². The van der Waals surface area contributed by atoms with Crippen LogP contribution < -0.4 is 0 Å². The van der Waals surface area contributed by atoms with Crippen LogP contribution in [0.15, 0.2) is 0 Å². The average molecular weight is 312 g/mol. The van der Waals surface area contributed by atoms with Crippen LogP contribution in [0.1, 0.15) is 0 Å². The maximum Gasteiger partial charge on any atom is 0.187 e. The van der Waals surface area contributed by atoms with Crippen molar-refractivity contribution in [3.05, 3.63) is 0 Å². The monoisotopic (exact) mass is 312 g/mol. The van der Waals surface area contributed by atoms with Gasteiger partial charge in [-0.2, -0.15) is 0 Å². The second kappa shape index (κ2) is 6.79. The lowest BCUT2D eigenvalue weighted by Crippen LogP contribution is -2.62. The molecule has 0 aromatic carbocycles. The van der Waals surface area contributed by atoms with Gasteiger partial charge in [0.25, 0.3) is 0 Å². The molecule has 124 valence electrons. The molecule has 0 bridgehead atoms. The lowest BCUT2D eigenvalue weighted by molar-refractivity contribution is -0.340. The van der Waals surface area contributed by atoms with Crippen molar-refractivity contribution in [2.75, 3.05) is 13.2 Å². The summed E-state index contributed by atoms with van der Waals surface area (Å²) in [5.41, 5.74) is 0. The van der Waals surface area contributed by atoms with Crippen LogP contribution in [0.4, 0.5) is 0 Å². The Bertz CT molecular complexity index is 339. The number of ether oxygens (including phenoxy) is 3. The summed E-state index contributed by atoms with van der Waals surface area (Å²) >= 11 is 0. The molecule has 2 rings (SSSR count). The molecule has 10 nitrogen and oxygen atoms in total. The highest BCUT2D eigenvalue weighted by Gasteiger charge is 2.47. The van der Waals surface area contributed by atoms with Gasteiger partial charge in [0.2, 0.25) is 0 Å². The van der Waals surface area contributed by atoms with E-state index in [0.717, 1.165) is 0 Å². The number of rotatable bonds is 3. The zero-order valence-electron chi connectivity index (χ0n) is 11.0. The molecule has 7 N–H and O–H groups in total. The standard InChI is InChI=1S/C11H20O10/c12-1-3-5(13)7(15)9(17)11(20-3)21-4-2-19-10(18)8(16)6(4)14/h3-18H,1-2H2/t3-,4+,5+,6-,7+,8+,9-,10?,11+/m1/s1. The van der Waals surface area contributed by atoms with Crippen molar-refractivity contribution in [2.45, 2.75) is 55.3 Å². The fourth-order valence-electron chi connectivity index (χ4n) is 2.25. The topological polar surface area (TPSA) is 169 Å². The van der Waals surface area contributed by atoms with Gasteiger partial charge in [-0.25, -0.2) is 0 Å². The normalized spacial score (nSPS) is 51.9. The molecule has 0 saturated carbocycles. The molecule has 2 heterocycles. The molecule has 10 heteroatoms. The lowest BCUT2D eigenvalue weighted by Gasteiger charge is -2.43. The third kappa shape index (κ3) is 3.35. The Morgan fingerprint density at radius 1 is 0.857 bits per heavy atom. The van der Waals surface area contributed by atoms with E-state index in [2.05, 4.69) is 0 Å². The number of hydrogen-bond acceptors (Lipinski definition) is 10. The first-order valence-corrected chi connectivity index (χ1v) is 6.48. The van der Waals surface area contributed by atoms with Crippen LogP contribution in [0.3, 0.4) is 0 Å². The summed E-state index contributed by atoms with van der Waals surface area (Å²) in [4.78, 5) is 0. The largest absolute Gasteiger partial charge is 0.394 e. The van der Waals surface area contributed by atoms with Gasteiger partial charge in [-0.3, -0.25) is 0 Å². The Morgan fingerprint density at radius 2 is 1.52 bits per heavy atom. The van der Waals surface area contributed by atoms with E-state index in [1.54, 1.807) is 0 Å². The molecule has 9 atom stereocenters. The number of aliphatic hydroxyl groups is 7. The minimum atomic E-state index is -1.63. The summed E-state index contributed by atoms with van der Waals surface area (Å²) in [6.07, 6.45) is -13.2. The fourth-order valence-corrected chi connectivity index (χ4v) is 2.25. The molecule has 2 aliphatic rings. The van der Waals surface area contributed by atoms with E-state index in [-0.39, 0.29) is 6.61 Å². The zero-order valence-corrected chi connectivity index (χ0v) is 11.0. The van der Waals surface area contributed by atoms with Crippen LogP contribution in [0.2, 0.25) is 0 Å². The SMILES string of the molecule is OC[C@H]1O[C@@H](O[C@H]2COC(O)[C@@H](O)[C@@H]2O)[C@H](O)[C@@H](O)[C@H]1O. The molecule has 0 aromatic rings. The van der Waals surface area contributed by atoms with Crippen LogP contribution in [-0.4, -0.2) is 104 Å². The third-order valence-corrected chi connectivity index (χ3v) is 3.61. The second-order valence-corrected chi connectivity index (χ2v) is 5.08. The van der Waals surface area contributed by atoms with E-state index >= 15 is 0 Å². The van der Waals surface area contributed by atoms with Crippen LogP contribution in [0.5, 0.6) is 0 Å². The summed E-state index contributed by atoms with van der Waals surface area (Å²) in [6, 6.07) is 0. The minimum Gasteiger partial charge on any atom is -0.394 e. The Morgan fingerprint density at radius 3 is 2.14 bits per heavy atom. The van der Waals surface area contributed by atoms with Crippen LogP contribution in [-0.2, 0) is 14.2 Å². The maximum atomic E-state index is 9.78. The molecular formula is C11H20O10.